The normalized spacial score (nSPS) is 26.8. The van der Waals surface area contributed by atoms with Gasteiger partial charge in [-0.25, -0.2) is 21.2 Å². The highest BCUT2D eigenvalue weighted by atomic mass is 32.2. The van der Waals surface area contributed by atoms with Gasteiger partial charge < -0.3 is 10.1 Å². The van der Waals surface area contributed by atoms with Crippen molar-refractivity contribution in [3.63, 3.8) is 0 Å². The number of hydrogen-bond donors (Lipinski definition) is 1. The Hall–Kier alpha value is -1.07. The number of hydrogen-bond acceptors (Lipinski definition) is 7. The Morgan fingerprint density at radius 3 is 2.46 bits per heavy atom. The van der Waals surface area contributed by atoms with Crippen LogP contribution in [0.1, 0.15) is 0 Å². The molecule has 2 saturated heterocycles. The molecule has 0 bridgehead atoms. The van der Waals surface area contributed by atoms with Crippen LogP contribution in [0.15, 0.2) is 29.2 Å². The van der Waals surface area contributed by atoms with Crippen molar-refractivity contribution in [1.29, 1.82) is 0 Å². The van der Waals surface area contributed by atoms with Crippen LogP contribution < -0.4 is 5.32 Å². The van der Waals surface area contributed by atoms with Crippen molar-refractivity contribution in [2.24, 2.45) is 0 Å². The maximum Gasteiger partial charge on any atom is 0.183 e. The molecule has 1 N–H and O–H groups in total. The standard InChI is InChI=1S/C16H23FN2O5S2/c17-13-1-3-14(4-2-13)26(22,23)16-12-25(20,21)11-15(16)18-5-6-19-7-9-24-10-8-19/h1-4,15-16,18H,5-12H2/t15-,16-/m0/s1. The molecule has 1 aromatic carbocycles. The summed E-state index contributed by atoms with van der Waals surface area (Å²) in [6.45, 7) is 4.14. The van der Waals surface area contributed by atoms with E-state index in [1.165, 1.54) is 12.1 Å². The molecule has 26 heavy (non-hydrogen) atoms. The van der Waals surface area contributed by atoms with Gasteiger partial charge in [-0.15, -0.1) is 0 Å². The van der Waals surface area contributed by atoms with Gasteiger partial charge in [0.2, 0.25) is 0 Å². The van der Waals surface area contributed by atoms with Crippen molar-refractivity contribution in [3.05, 3.63) is 30.1 Å². The smallest absolute Gasteiger partial charge is 0.183 e. The van der Waals surface area contributed by atoms with Gasteiger partial charge >= 0.3 is 0 Å². The van der Waals surface area contributed by atoms with E-state index in [1.807, 2.05) is 0 Å². The Kier molecular flexibility index (Phi) is 5.97. The molecule has 0 spiro atoms. The lowest BCUT2D eigenvalue weighted by atomic mass is 10.2. The first-order chi connectivity index (χ1) is 12.3. The third-order valence-corrected chi connectivity index (χ3v) is 8.95. The third-order valence-electron chi connectivity index (χ3n) is 4.78. The molecular formula is C16H23FN2O5S2. The Bertz CT molecular complexity index is 821. The summed E-state index contributed by atoms with van der Waals surface area (Å²) in [5.74, 6) is -1.16. The topological polar surface area (TPSA) is 92.8 Å². The number of benzene rings is 1. The summed E-state index contributed by atoms with van der Waals surface area (Å²) in [6, 6.07) is 3.82. The van der Waals surface area contributed by atoms with Crippen LogP contribution in [0.4, 0.5) is 4.39 Å². The van der Waals surface area contributed by atoms with Crippen LogP contribution in [0.5, 0.6) is 0 Å². The van der Waals surface area contributed by atoms with Crippen LogP contribution in [0.3, 0.4) is 0 Å². The summed E-state index contributed by atoms with van der Waals surface area (Å²) in [7, 11) is -7.32. The lowest BCUT2D eigenvalue weighted by Crippen LogP contribution is -2.47. The second-order valence-electron chi connectivity index (χ2n) is 6.63. The Balaban J connectivity index is 1.70. The molecule has 2 aliphatic rings. The number of halogens is 1. The first kappa shape index (κ1) is 19.7. The average Bonchev–Trinajstić information content (AvgIpc) is 2.92. The minimum absolute atomic E-state index is 0.0546. The molecule has 2 atom stereocenters. The molecular weight excluding hydrogens is 383 g/mol. The fourth-order valence-electron chi connectivity index (χ4n) is 3.34. The second kappa shape index (κ2) is 7.89. The molecule has 2 fully saturated rings. The molecule has 2 aliphatic heterocycles. The zero-order valence-electron chi connectivity index (χ0n) is 14.3. The summed E-state index contributed by atoms with van der Waals surface area (Å²) in [4.78, 5) is 2.13. The lowest BCUT2D eigenvalue weighted by Gasteiger charge is -2.27. The Labute approximate surface area is 153 Å². The summed E-state index contributed by atoms with van der Waals surface area (Å²) in [6.07, 6.45) is 0. The van der Waals surface area contributed by atoms with Crippen molar-refractivity contribution >= 4 is 19.7 Å². The highest BCUT2D eigenvalue weighted by Crippen LogP contribution is 2.26. The molecule has 0 aliphatic carbocycles. The molecule has 0 amide bonds. The van der Waals surface area contributed by atoms with Crippen LogP contribution in [0, 0.1) is 5.82 Å². The van der Waals surface area contributed by atoms with Gasteiger partial charge in [0.1, 0.15) is 5.82 Å². The minimum atomic E-state index is -3.87. The Morgan fingerprint density at radius 2 is 1.81 bits per heavy atom. The summed E-state index contributed by atoms with van der Waals surface area (Å²) < 4.78 is 68.2. The zero-order valence-corrected chi connectivity index (χ0v) is 15.9. The molecule has 7 nitrogen and oxygen atoms in total. The zero-order chi connectivity index (χ0) is 18.8. The lowest BCUT2D eigenvalue weighted by molar-refractivity contribution is 0.0382. The first-order valence-electron chi connectivity index (χ1n) is 8.51. The molecule has 2 heterocycles. The van der Waals surface area contributed by atoms with Gasteiger partial charge in [0.15, 0.2) is 19.7 Å². The predicted octanol–water partition coefficient (Wildman–Crippen LogP) is -0.313. The number of ether oxygens (including phenoxy) is 1. The van der Waals surface area contributed by atoms with Crippen molar-refractivity contribution in [3.8, 4) is 0 Å². The van der Waals surface area contributed by atoms with Gasteiger partial charge in [-0.3, -0.25) is 4.90 Å². The molecule has 10 heteroatoms. The Morgan fingerprint density at radius 1 is 1.15 bits per heavy atom. The fraction of sp³-hybridized carbons (Fsp3) is 0.625. The molecule has 1 aromatic rings. The van der Waals surface area contributed by atoms with Crippen molar-refractivity contribution < 1.29 is 26.0 Å². The molecule has 0 radical (unpaired) electrons. The molecule has 146 valence electrons. The van der Waals surface area contributed by atoms with Crippen molar-refractivity contribution in [2.45, 2.75) is 16.2 Å². The molecule has 3 rings (SSSR count). The fourth-order valence-corrected chi connectivity index (χ4v) is 8.06. The number of nitrogens with one attached hydrogen (secondary N) is 1. The summed E-state index contributed by atoms with van der Waals surface area (Å²) in [5.41, 5.74) is 0. The van der Waals surface area contributed by atoms with Gasteiger partial charge in [0.05, 0.1) is 34.9 Å². The summed E-state index contributed by atoms with van der Waals surface area (Å²) in [5, 5.41) is 2.04. The van der Waals surface area contributed by atoms with Crippen LogP contribution >= 0.6 is 0 Å². The number of nitrogens with zero attached hydrogens (tertiary/aromatic N) is 1. The van der Waals surface area contributed by atoms with E-state index in [2.05, 4.69) is 10.2 Å². The highest BCUT2D eigenvalue weighted by Gasteiger charge is 2.45. The first-order valence-corrected chi connectivity index (χ1v) is 11.9. The van der Waals surface area contributed by atoms with Crippen LogP contribution in [0.2, 0.25) is 0 Å². The maximum atomic E-state index is 13.1. The SMILES string of the molecule is O=S1(=O)C[C@H](NCCN2CCOCC2)[C@@H](S(=O)(=O)c2ccc(F)cc2)C1. The number of morpholine rings is 1. The van der Waals surface area contributed by atoms with Crippen molar-refractivity contribution in [1.82, 2.24) is 10.2 Å². The van der Waals surface area contributed by atoms with Gasteiger partial charge in [-0.2, -0.15) is 0 Å². The average molecular weight is 407 g/mol. The largest absolute Gasteiger partial charge is 0.379 e. The number of sulfone groups is 2. The molecule has 0 saturated carbocycles. The predicted molar refractivity (Wildman–Crippen MR) is 95.1 cm³/mol. The van der Waals surface area contributed by atoms with Gasteiger partial charge in [0.25, 0.3) is 0 Å². The molecule has 0 aromatic heterocycles. The molecule has 0 unspecified atom stereocenters. The van der Waals surface area contributed by atoms with Crippen LogP contribution in [-0.4, -0.2) is 83.9 Å². The van der Waals surface area contributed by atoms with E-state index in [1.54, 1.807) is 0 Å². The van der Waals surface area contributed by atoms with Crippen molar-refractivity contribution in [2.75, 3.05) is 50.9 Å². The monoisotopic (exact) mass is 406 g/mol. The summed E-state index contributed by atoms with van der Waals surface area (Å²) >= 11 is 0. The van der Waals surface area contributed by atoms with Gasteiger partial charge in [0, 0.05) is 32.2 Å². The van der Waals surface area contributed by atoms with E-state index in [9.17, 15) is 21.2 Å². The maximum absolute atomic E-state index is 13.1. The minimum Gasteiger partial charge on any atom is -0.379 e. The highest BCUT2D eigenvalue weighted by molar-refractivity contribution is 7.96. The third kappa shape index (κ3) is 4.61. The van der Waals surface area contributed by atoms with E-state index in [-0.39, 0.29) is 10.6 Å². The number of rotatable bonds is 6. The van der Waals surface area contributed by atoms with Crippen LogP contribution in [0.25, 0.3) is 0 Å². The second-order valence-corrected chi connectivity index (χ2v) is 10.9. The van der Waals surface area contributed by atoms with E-state index in [4.69, 9.17) is 4.74 Å². The van der Waals surface area contributed by atoms with Gasteiger partial charge in [-0.05, 0) is 24.3 Å². The quantitative estimate of drug-likeness (QED) is 0.648. The van der Waals surface area contributed by atoms with E-state index >= 15 is 0 Å². The van der Waals surface area contributed by atoms with Crippen LogP contribution in [-0.2, 0) is 24.4 Å². The van der Waals surface area contributed by atoms with E-state index < -0.39 is 42.5 Å². The van der Waals surface area contributed by atoms with Gasteiger partial charge in [-0.1, -0.05) is 0 Å². The van der Waals surface area contributed by atoms with E-state index in [0.717, 1.165) is 25.2 Å². The van der Waals surface area contributed by atoms with E-state index in [0.29, 0.717) is 26.3 Å².